The van der Waals surface area contributed by atoms with E-state index in [2.05, 4.69) is 33.4 Å². The summed E-state index contributed by atoms with van der Waals surface area (Å²) in [4.78, 5) is 17.6. The summed E-state index contributed by atoms with van der Waals surface area (Å²) in [5.41, 5.74) is 5.36. The summed E-state index contributed by atoms with van der Waals surface area (Å²) in [7, 11) is 0. The molecule has 1 aliphatic rings. The first-order valence-electron chi connectivity index (χ1n) is 10.5. The maximum absolute atomic E-state index is 13.0. The molecule has 0 atom stereocenters. The molecular weight excluding hydrogens is 374 g/mol. The molecule has 0 aliphatic carbocycles. The molecule has 156 valence electrons. The topological polar surface area (TPSA) is 48.7 Å². The zero-order chi connectivity index (χ0) is 21.1. The summed E-state index contributed by atoms with van der Waals surface area (Å²) in [6.45, 7) is 8.84. The molecule has 30 heavy (non-hydrogen) atoms. The number of aryl methyl sites for hydroxylation is 1. The molecule has 1 aliphatic heterocycles. The van der Waals surface area contributed by atoms with Crippen LogP contribution in [0.4, 0.5) is 5.69 Å². The summed E-state index contributed by atoms with van der Waals surface area (Å²) in [5, 5.41) is 9.46. The number of aromatic hydroxyl groups is 1. The van der Waals surface area contributed by atoms with E-state index in [0.717, 1.165) is 55.4 Å². The number of nitrogens with zero attached hydrogens (tertiary/aromatic N) is 3. The molecule has 0 bridgehead atoms. The average Bonchev–Trinajstić information content (AvgIpc) is 3.04. The minimum absolute atomic E-state index is 0.195. The Morgan fingerprint density at radius 3 is 2.27 bits per heavy atom. The smallest absolute Gasteiger partial charge is 0.178 e. The van der Waals surface area contributed by atoms with E-state index < -0.39 is 0 Å². The zero-order valence-electron chi connectivity index (χ0n) is 17.7. The second-order valence-corrected chi connectivity index (χ2v) is 8.06. The third kappa shape index (κ3) is 4.41. The van der Waals surface area contributed by atoms with Crippen LogP contribution in [-0.4, -0.2) is 53.1 Å². The minimum atomic E-state index is 0.195. The molecule has 5 nitrogen and oxygen atoms in total. The molecule has 1 fully saturated rings. The highest BCUT2D eigenvalue weighted by molar-refractivity contribution is 5.99. The number of benzene rings is 2. The van der Waals surface area contributed by atoms with Gasteiger partial charge in [-0.2, -0.15) is 0 Å². The van der Waals surface area contributed by atoms with Crippen molar-refractivity contribution in [1.82, 2.24) is 9.47 Å². The SMILES string of the molecule is Cc1cc(C(=O)CN2CCN(c3ccc(O)cc3)CC2)c(C)n1Cc1ccccc1. The van der Waals surface area contributed by atoms with Gasteiger partial charge >= 0.3 is 0 Å². The Labute approximate surface area is 178 Å². The maximum atomic E-state index is 13.0. The highest BCUT2D eigenvalue weighted by atomic mass is 16.3. The van der Waals surface area contributed by atoms with Crippen molar-refractivity contribution in [2.45, 2.75) is 20.4 Å². The molecule has 0 radical (unpaired) electrons. The number of piperazine rings is 1. The van der Waals surface area contributed by atoms with Crippen LogP contribution in [0.25, 0.3) is 0 Å². The van der Waals surface area contributed by atoms with Gasteiger partial charge in [-0.3, -0.25) is 9.69 Å². The fourth-order valence-electron chi connectivity index (χ4n) is 4.21. The van der Waals surface area contributed by atoms with Crippen molar-refractivity contribution in [3.63, 3.8) is 0 Å². The van der Waals surface area contributed by atoms with Crippen molar-refractivity contribution >= 4 is 11.5 Å². The molecular formula is C25H29N3O2. The lowest BCUT2D eigenvalue weighted by molar-refractivity contribution is 0.0925. The standard InChI is InChI=1S/C25H29N3O2/c1-19-16-24(20(2)28(19)17-21-6-4-3-5-7-21)25(30)18-26-12-14-27(15-13-26)22-8-10-23(29)11-9-22/h3-11,16,29H,12-15,17-18H2,1-2H3. The number of aromatic nitrogens is 1. The van der Waals surface area contributed by atoms with E-state index in [-0.39, 0.29) is 11.5 Å². The van der Waals surface area contributed by atoms with Gasteiger partial charge in [0.25, 0.3) is 0 Å². The van der Waals surface area contributed by atoms with E-state index >= 15 is 0 Å². The van der Waals surface area contributed by atoms with Gasteiger partial charge in [-0.15, -0.1) is 0 Å². The number of hydrogen-bond acceptors (Lipinski definition) is 4. The Bertz CT molecular complexity index is 1000. The second kappa shape index (κ2) is 8.76. The number of phenols is 1. The third-order valence-corrected chi connectivity index (χ3v) is 6.01. The predicted octanol–water partition coefficient (Wildman–Crippen LogP) is 3.86. The lowest BCUT2D eigenvalue weighted by Crippen LogP contribution is -2.48. The molecule has 0 amide bonds. The number of ketones is 1. The Balaban J connectivity index is 1.38. The quantitative estimate of drug-likeness (QED) is 0.635. The molecule has 1 saturated heterocycles. The van der Waals surface area contributed by atoms with Crippen molar-refractivity contribution in [2.24, 2.45) is 0 Å². The Morgan fingerprint density at radius 2 is 1.60 bits per heavy atom. The van der Waals surface area contributed by atoms with Crippen LogP contribution in [0.15, 0.2) is 60.7 Å². The Hall–Kier alpha value is -3.05. The van der Waals surface area contributed by atoms with Gasteiger partial charge in [0.05, 0.1) is 6.54 Å². The van der Waals surface area contributed by atoms with Crippen LogP contribution in [0.2, 0.25) is 0 Å². The van der Waals surface area contributed by atoms with Crippen molar-refractivity contribution in [3.8, 4) is 5.75 Å². The Morgan fingerprint density at radius 1 is 0.933 bits per heavy atom. The van der Waals surface area contributed by atoms with Crippen LogP contribution < -0.4 is 4.90 Å². The summed E-state index contributed by atoms with van der Waals surface area (Å²) >= 11 is 0. The number of rotatable bonds is 6. The number of anilines is 1. The molecule has 2 heterocycles. The number of phenolic OH excluding ortho intramolecular Hbond substituents is 1. The largest absolute Gasteiger partial charge is 0.508 e. The average molecular weight is 404 g/mol. The molecule has 3 aromatic rings. The molecule has 4 rings (SSSR count). The van der Waals surface area contributed by atoms with Crippen molar-refractivity contribution < 1.29 is 9.90 Å². The zero-order valence-corrected chi connectivity index (χ0v) is 17.7. The first-order chi connectivity index (χ1) is 14.5. The molecule has 5 heteroatoms. The fourth-order valence-corrected chi connectivity index (χ4v) is 4.21. The lowest BCUT2D eigenvalue weighted by atomic mass is 10.1. The van der Waals surface area contributed by atoms with E-state index in [9.17, 15) is 9.90 Å². The summed E-state index contributed by atoms with van der Waals surface area (Å²) in [5.74, 6) is 0.480. The third-order valence-electron chi connectivity index (χ3n) is 6.01. The van der Waals surface area contributed by atoms with E-state index in [4.69, 9.17) is 0 Å². The number of hydrogen-bond donors (Lipinski definition) is 1. The van der Waals surface area contributed by atoms with Gasteiger partial charge in [-0.1, -0.05) is 30.3 Å². The van der Waals surface area contributed by atoms with Gasteiger partial charge in [0.2, 0.25) is 0 Å². The highest BCUT2D eigenvalue weighted by Crippen LogP contribution is 2.21. The van der Waals surface area contributed by atoms with Gasteiger partial charge in [-0.05, 0) is 49.7 Å². The lowest BCUT2D eigenvalue weighted by Gasteiger charge is -2.35. The highest BCUT2D eigenvalue weighted by Gasteiger charge is 2.22. The molecule has 1 N–H and O–H groups in total. The van der Waals surface area contributed by atoms with E-state index in [1.165, 1.54) is 5.56 Å². The van der Waals surface area contributed by atoms with Crippen LogP contribution in [0.3, 0.4) is 0 Å². The van der Waals surface area contributed by atoms with Gasteiger partial charge in [0.1, 0.15) is 5.75 Å². The second-order valence-electron chi connectivity index (χ2n) is 8.06. The van der Waals surface area contributed by atoms with Crippen molar-refractivity contribution in [2.75, 3.05) is 37.6 Å². The summed E-state index contributed by atoms with van der Waals surface area (Å²) in [6, 6.07) is 19.7. The molecule has 0 unspecified atom stereocenters. The molecule has 1 aromatic heterocycles. The molecule has 2 aromatic carbocycles. The monoisotopic (exact) mass is 403 g/mol. The van der Waals surface area contributed by atoms with Gasteiger partial charge in [0, 0.05) is 55.4 Å². The number of carbonyl (C=O) groups is 1. The first-order valence-corrected chi connectivity index (χ1v) is 10.5. The van der Waals surface area contributed by atoms with Crippen LogP contribution in [-0.2, 0) is 6.54 Å². The summed E-state index contributed by atoms with van der Waals surface area (Å²) in [6.07, 6.45) is 0. The van der Waals surface area contributed by atoms with Gasteiger partial charge in [-0.25, -0.2) is 0 Å². The number of carbonyl (C=O) groups excluding carboxylic acids is 1. The van der Waals surface area contributed by atoms with Crippen LogP contribution >= 0.6 is 0 Å². The predicted molar refractivity (Wildman–Crippen MR) is 121 cm³/mol. The normalized spacial score (nSPS) is 14.8. The molecule has 0 saturated carbocycles. The molecule has 0 spiro atoms. The van der Waals surface area contributed by atoms with Gasteiger partial charge in [0.15, 0.2) is 5.78 Å². The van der Waals surface area contributed by atoms with Crippen molar-refractivity contribution in [1.29, 1.82) is 0 Å². The van der Waals surface area contributed by atoms with Crippen LogP contribution in [0, 0.1) is 13.8 Å². The van der Waals surface area contributed by atoms with Crippen LogP contribution in [0.1, 0.15) is 27.3 Å². The van der Waals surface area contributed by atoms with Crippen LogP contribution in [0.5, 0.6) is 5.75 Å². The maximum Gasteiger partial charge on any atom is 0.178 e. The van der Waals surface area contributed by atoms with E-state index in [0.29, 0.717) is 6.54 Å². The first kappa shape index (κ1) is 20.2. The minimum Gasteiger partial charge on any atom is -0.508 e. The van der Waals surface area contributed by atoms with Gasteiger partial charge < -0.3 is 14.6 Å². The van der Waals surface area contributed by atoms with Crippen molar-refractivity contribution in [3.05, 3.63) is 83.2 Å². The number of Topliss-reactive ketones (excluding diaryl/α,β-unsaturated/α-hetero) is 1. The summed E-state index contributed by atoms with van der Waals surface area (Å²) < 4.78 is 2.23. The van der Waals surface area contributed by atoms with E-state index in [1.54, 1.807) is 12.1 Å². The fraction of sp³-hybridized carbons (Fsp3) is 0.320. The van der Waals surface area contributed by atoms with E-state index in [1.807, 2.05) is 43.3 Å². The Kier molecular flexibility index (Phi) is 5.91.